The summed E-state index contributed by atoms with van der Waals surface area (Å²) in [5.41, 5.74) is 0. The smallest absolute Gasteiger partial charge is 0.281 e. The molecule has 2 rings (SSSR count). The number of nitrogens with zero attached hydrogens (tertiary/aromatic N) is 3. The molecule has 7 heteroatoms. The summed E-state index contributed by atoms with van der Waals surface area (Å²) in [6, 6.07) is 0. The molecule has 6 nitrogen and oxygen atoms in total. The topological polar surface area (TPSA) is 60.9 Å². The Morgan fingerprint density at radius 2 is 1.65 bits per heavy atom. The third kappa shape index (κ3) is 5.16. The first kappa shape index (κ1) is 18.7. The van der Waals surface area contributed by atoms with Crippen LogP contribution in [-0.4, -0.2) is 68.1 Å². The van der Waals surface area contributed by atoms with E-state index >= 15 is 0 Å². The van der Waals surface area contributed by atoms with E-state index in [-0.39, 0.29) is 5.91 Å². The minimum Gasteiger partial charge on any atom is -0.340 e. The molecule has 0 aromatic rings. The molecule has 0 bridgehead atoms. The standard InChI is InChI=1S/C16H31N3O3S/c1-17(2)23(21,22)19-13-11-18(12-14-19)16(20)10-6-9-15-7-4-3-5-8-15/h15H,3-14H2,1-2H3. The highest BCUT2D eigenvalue weighted by molar-refractivity contribution is 7.86. The predicted molar refractivity (Wildman–Crippen MR) is 91.2 cm³/mol. The molecule has 2 aliphatic rings. The molecular formula is C16H31N3O3S. The summed E-state index contributed by atoms with van der Waals surface area (Å²) < 4.78 is 26.8. The van der Waals surface area contributed by atoms with Crippen molar-refractivity contribution in [1.82, 2.24) is 13.5 Å². The van der Waals surface area contributed by atoms with Crippen LogP contribution in [0.5, 0.6) is 0 Å². The average molecular weight is 346 g/mol. The number of hydrogen-bond acceptors (Lipinski definition) is 3. The molecule has 0 atom stereocenters. The quantitative estimate of drug-likeness (QED) is 0.736. The summed E-state index contributed by atoms with van der Waals surface area (Å²) in [6.07, 6.45) is 9.47. The van der Waals surface area contributed by atoms with Gasteiger partial charge in [0, 0.05) is 46.7 Å². The van der Waals surface area contributed by atoms with Crippen LogP contribution in [0.25, 0.3) is 0 Å². The Morgan fingerprint density at radius 3 is 2.22 bits per heavy atom. The number of carbonyl (C=O) groups excluding carboxylic acids is 1. The summed E-state index contributed by atoms with van der Waals surface area (Å²) in [6.45, 7) is 1.81. The van der Waals surface area contributed by atoms with Crippen LogP contribution >= 0.6 is 0 Å². The molecular weight excluding hydrogens is 314 g/mol. The van der Waals surface area contributed by atoms with Crippen molar-refractivity contribution in [3.63, 3.8) is 0 Å². The molecule has 2 fully saturated rings. The molecule has 0 spiro atoms. The number of amides is 1. The lowest BCUT2D eigenvalue weighted by Gasteiger charge is -2.35. The van der Waals surface area contributed by atoms with Gasteiger partial charge in [0.2, 0.25) is 5.91 Å². The van der Waals surface area contributed by atoms with Crippen molar-refractivity contribution in [1.29, 1.82) is 0 Å². The van der Waals surface area contributed by atoms with Gasteiger partial charge in [-0.05, 0) is 18.8 Å². The Bertz CT molecular complexity index is 479. The Kier molecular flexibility index (Phi) is 6.85. The van der Waals surface area contributed by atoms with Gasteiger partial charge in [0.25, 0.3) is 10.2 Å². The second kappa shape index (κ2) is 8.44. The van der Waals surface area contributed by atoms with Crippen LogP contribution in [-0.2, 0) is 15.0 Å². The maximum atomic E-state index is 12.3. The highest BCUT2D eigenvalue weighted by Gasteiger charge is 2.30. The van der Waals surface area contributed by atoms with Crippen LogP contribution < -0.4 is 0 Å². The van der Waals surface area contributed by atoms with E-state index in [1.54, 1.807) is 0 Å². The zero-order valence-corrected chi connectivity index (χ0v) is 15.4. The van der Waals surface area contributed by atoms with Crippen molar-refractivity contribution in [2.45, 2.75) is 51.4 Å². The summed E-state index contributed by atoms with van der Waals surface area (Å²) in [5, 5.41) is 0. The highest BCUT2D eigenvalue weighted by atomic mass is 32.2. The monoisotopic (exact) mass is 345 g/mol. The minimum absolute atomic E-state index is 0.183. The zero-order valence-electron chi connectivity index (χ0n) is 14.5. The molecule has 0 aromatic heterocycles. The second-order valence-electron chi connectivity index (χ2n) is 6.97. The number of carbonyl (C=O) groups is 1. The highest BCUT2D eigenvalue weighted by Crippen LogP contribution is 2.27. The Balaban J connectivity index is 1.69. The van der Waals surface area contributed by atoms with E-state index in [1.807, 2.05) is 4.90 Å². The summed E-state index contributed by atoms with van der Waals surface area (Å²) in [4.78, 5) is 14.1. The van der Waals surface area contributed by atoms with E-state index in [9.17, 15) is 13.2 Å². The van der Waals surface area contributed by atoms with Crippen LogP contribution in [0, 0.1) is 5.92 Å². The van der Waals surface area contributed by atoms with Gasteiger partial charge < -0.3 is 4.90 Å². The van der Waals surface area contributed by atoms with Crippen molar-refractivity contribution in [3.8, 4) is 0 Å². The fourth-order valence-corrected chi connectivity index (χ4v) is 4.66. The van der Waals surface area contributed by atoms with E-state index in [2.05, 4.69) is 0 Å². The molecule has 1 saturated carbocycles. The largest absolute Gasteiger partial charge is 0.340 e. The number of rotatable bonds is 6. The van der Waals surface area contributed by atoms with Gasteiger partial charge >= 0.3 is 0 Å². The first-order valence-electron chi connectivity index (χ1n) is 8.86. The molecule has 1 aliphatic heterocycles. The van der Waals surface area contributed by atoms with Crippen molar-refractivity contribution in [2.24, 2.45) is 5.92 Å². The molecule has 1 aliphatic carbocycles. The lowest BCUT2D eigenvalue weighted by molar-refractivity contribution is -0.132. The van der Waals surface area contributed by atoms with Gasteiger partial charge in [0.1, 0.15) is 0 Å². The van der Waals surface area contributed by atoms with E-state index in [0.717, 1.165) is 12.3 Å². The van der Waals surface area contributed by atoms with E-state index in [4.69, 9.17) is 0 Å². The molecule has 0 N–H and O–H groups in total. The maximum Gasteiger partial charge on any atom is 0.281 e. The SMILES string of the molecule is CN(C)S(=O)(=O)N1CCN(C(=O)CCCC2CCCCC2)CC1. The average Bonchev–Trinajstić information content (AvgIpc) is 2.55. The van der Waals surface area contributed by atoms with Crippen molar-refractivity contribution >= 4 is 16.1 Å². The molecule has 1 amide bonds. The summed E-state index contributed by atoms with van der Waals surface area (Å²) in [5.74, 6) is 1.00. The second-order valence-corrected chi connectivity index (χ2v) is 9.11. The van der Waals surface area contributed by atoms with Gasteiger partial charge in [-0.3, -0.25) is 4.79 Å². The summed E-state index contributed by atoms with van der Waals surface area (Å²) in [7, 11) is -0.272. The number of hydrogen-bond donors (Lipinski definition) is 0. The van der Waals surface area contributed by atoms with Crippen LogP contribution in [0.3, 0.4) is 0 Å². The van der Waals surface area contributed by atoms with Gasteiger partial charge in [-0.25, -0.2) is 0 Å². The van der Waals surface area contributed by atoms with Crippen LogP contribution in [0.15, 0.2) is 0 Å². The fraction of sp³-hybridized carbons (Fsp3) is 0.938. The summed E-state index contributed by atoms with van der Waals surface area (Å²) >= 11 is 0. The van der Waals surface area contributed by atoms with Gasteiger partial charge in [-0.2, -0.15) is 17.0 Å². The Labute approximate surface area is 141 Å². The van der Waals surface area contributed by atoms with Crippen LogP contribution in [0.2, 0.25) is 0 Å². The molecule has 134 valence electrons. The zero-order chi connectivity index (χ0) is 16.9. The first-order valence-corrected chi connectivity index (χ1v) is 10.3. The van der Waals surface area contributed by atoms with Gasteiger partial charge in [0.05, 0.1) is 0 Å². The lowest BCUT2D eigenvalue weighted by Crippen LogP contribution is -2.53. The maximum absolute atomic E-state index is 12.3. The van der Waals surface area contributed by atoms with E-state index in [1.165, 1.54) is 61.2 Å². The Hall–Kier alpha value is -0.660. The fourth-order valence-electron chi connectivity index (χ4n) is 3.58. The van der Waals surface area contributed by atoms with Crippen molar-refractivity contribution in [2.75, 3.05) is 40.3 Å². The van der Waals surface area contributed by atoms with Crippen LogP contribution in [0.1, 0.15) is 51.4 Å². The minimum atomic E-state index is -3.35. The third-order valence-corrected chi connectivity index (χ3v) is 7.05. The van der Waals surface area contributed by atoms with E-state index < -0.39 is 10.2 Å². The lowest BCUT2D eigenvalue weighted by atomic mass is 9.86. The molecule has 0 radical (unpaired) electrons. The van der Waals surface area contributed by atoms with Gasteiger partial charge in [-0.1, -0.05) is 32.1 Å². The molecule has 1 saturated heterocycles. The van der Waals surface area contributed by atoms with Gasteiger partial charge in [0.15, 0.2) is 0 Å². The number of piperazine rings is 1. The Morgan fingerprint density at radius 1 is 1.04 bits per heavy atom. The normalized spacial score (nSPS) is 21.8. The van der Waals surface area contributed by atoms with E-state index in [0.29, 0.717) is 32.6 Å². The van der Waals surface area contributed by atoms with Crippen LogP contribution in [0.4, 0.5) is 0 Å². The van der Waals surface area contributed by atoms with Crippen molar-refractivity contribution < 1.29 is 13.2 Å². The molecule has 1 heterocycles. The molecule has 0 aromatic carbocycles. The molecule has 0 unspecified atom stereocenters. The van der Waals surface area contributed by atoms with Crippen molar-refractivity contribution in [3.05, 3.63) is 0 Å². The predicted octanol–water partition coefficient (Wildman–Crippen LogP) is 1.69. The molecule has 23 heavy (non-hydrogen) atoms. The third-order valence-electron chi connectivity index (χ3n) is 5.11. The first-order chi connectivity index (χ1) is 10.9. The van der Waals surface area contributed by atoms with Gasteiger partial charge in [-0.15, -0.1) is 0 Å².